The lowest BCUT2D eigenvalue weighted by Gasteiger charge is -2.15. The quantitative estimate of drug-likeness (QED) is 0.329. The van der Waals surface area contributed by atoms with Gasteiger partial charge in [0, 0.05) is 5.75 Å². The summed E-state index contributed by atoms with van der Waals surface area (Å²) in [5.41, 5.74) is 10.2. The van der Waals surface area contributed by atoms with Gasteiger partial charge < -0.3 is 21.9 Å². The van der Waals surface area contributed by atoms with Gasteiger partial charge in [-0.2, -0.15) is 12.6 Å². The van der Waals surface area contributed by atoms with Crippen LogP contribution in [0.5, 0.6) is 0 Å². The zero-order chi connectivity index (χ0) is 12.0. The first-order valence-corrected chi connectivity index (χ1v) is 4.69. The lowest BCUT2D eigenvalue weighted by molar-refractivity contribution is -0.139. The van der Waals surface area contributed by atoms with Crippen molar-refractivity contribution in [3.05, 3.63) is 0 Å². The Kier molecular flexibility index (Phi) is 5.72. The zero-order valence-corrected chi connectivity index (χ0v) is 8.74. The van der Waals surface area contributed by atoms with Gasteiger partial charge in [0.1, 0.15) is 6.04 Å². The number of nitrogens with one attached hydrogen (secondary N) is 1. The molecule has 0 spiro atoms. The van der Waals surface area contributed by atoms with Gasteiger partial charge in [0.15, 0.2) is 0 Å². The second-order valence-electron chi connectivity index (χ2n) is 2.85. The van der Waals surface area contributed by atoms with E-state index in [0.29, 0.717) is 0 Å². The molecule has 2 atom stereocenters. The van der Waals surface area contributed by atoms with Gasteiger partial charge in [0.2, 0.25) is 11.8 Å². The predicted molar refractivity (Wildman–Crippen MR) is 55.2 cm³/mol. The van der Waals surface area contributed by atoms with Crippen molar-refractivity contribution in [2.24, 2.45) is 11.5 Å². The minimum absolute atomic E-state index is 0.0286. The summed E-state index contributed by atoms with van der Waals surface area (Å²) >= 11 is 3.80. The zero-order valence-electron chi connectivity index (χ0n) is 7.84. The van der Waals surface area contributed by atoms with Crippen molar-refractivity contribution in [1.29, 1.82) is 0 Å². The van der Waals surface area contributed by atoms with Crippen LogP contribution < -0.4 is 16.8 Å². The summed E-state index contributed by atoms with van der Waals surface area (Å²) in [4.78, 5) is 32.2. The molecule has 2 unspecified atom stereocenters. The molecule has 0 fully saturated rings. The molecule has 7 nitrogen and oxygen atoms in total. The lowest BCUT2D eigenvalue weighted by Crippen LogP contribution is -2.51. The molecule has 15 heavy (non-hydrogen) atoms. The molecule has 0 rings (SSSR count). The number of amides is 2. The molecule has 0 aliphatic rings. The van der Waals surface area contributed by atoms with E-state index in [1.165, 1.54) is 0 Å². The Morgan fingerprint density at radius 2 is 1.93 bits per heavy atom. The third-order valence-electron chi connectivity index (χ3n) is 1.57. The summed E-state index contributed by atoms with van der Waals surface area (Å²) in [6.07, 6.45) is -0.510. The Morgan fingerprint density at radius 3 is 2.27 bits per heavy atom. The molecular formula is C7H13N3O4S. The number of hydrogen-bond acceptors (Lipinski definition) is 5. The van der Waals surface area contributed by atoms with E-state index in [9.17, 15) is 14.4 Å². The Balaban J connectivity index is 4.21. The average molecular weight is 235 g/mol. The van der Waals surface area contributed by atoms with Crippen molar-refractivity contribution in [3.8, 4) is 0 Å². The third kappa shape index (κ3) is 5.23. The molecule has 86 valence electrons. The van der Waals surface area contributed by atoms with Crippen molar-refractivity contribution in [2.75, 3.05) is 5.75 Å². The Hall–Kier alpha value is -1.28. The fourth-order valence-corrected chi connectivity index (χ4v) is 1.04. The Labute approximate surface area is 91.6 Å². The molecule has 0 aromatic rings. The predicted octanol–water partition coefficient (Wildman–Crippen LogP) is -2.31. The van der Waals surface area contributed by atoms with E-state index in [-0.39, 0.29) is 5.75 Å². The van der Waals surface area contributed by atoms with E-state index in [4.69, 9.17) is 16.6 Å². The summed E-state index contributed by atoms with van der Waals surface area (Å²) in [6.45, 7) is 0. The number of hydrogen-bond donors (Lipinski definition) is 5. The van der Waals surface area contributed by atoms with Crippen LogP contribution in [-0.2, 0) is 14.4 Å². The highest BCUT2D eigenvalue weighted by atomic mass is 32.1. The van der Waals surface area contributed by atoms with E-state index in [1.807, 2.05) is 0 Å². The van der Waals surface area contributed by atoms with Crippen molar-refractivity contribution in [3.63, 3.8) is 0 Å². The highest BCUT2D eigenvalue weighted by Gasteiger charge is 2.22. The van der Waals surface area contributed by atoms with Gasteiger partial charge in [-0.15, -0.1) is 0 Å². The highest BCUT2D eigenvalue weighted by Crippen LogP contribution is 1.92. The van der Waals surface area contributed by atoms with Gasteiger partial charge in [-0.1, -0.05) is 0 Å². The monoisotopic (exact) mass is 235 g/mol. The summed E-state index contributed by atoms with van der Waals surface area (Å²) in [7, 11) is 0. The van der Waals surface area contributed by atoms with Gasteiger partial charge >= 0.3 is 5.97 Å². The van der Waals surface area contributed by atoms with Crippen molar-refractivity contribution >= 4 is 30.4 Å². The second kappa shape index (κ2) is 6.25. The molecule has 0 bridgehead atoms. The Bertz CT molecular complexity index is 271. The molecule has 0 saturated heterocycles. The molecule has 0 radical (unpaired) electrons. The first kappa shape index (κ1) is 13.7. The van der Waals surface area contributed by atoms with Gasteiger partial charge in [0.05, 0.1) is 12.5 Å². The molecule has 0 heterocycles. The number of primary amides is 1. The number of carboxylic acid groups (broad SMARTS) is 1. The van der Waals surface area contributed by atoms with E-state index >= 15 is 0 Å². The number of nitrogens with two attached hydrogens (primary N) is 2. The minimum Gasteiger partial charge on any atom is -0.481 e. The van der Waals surface area contributed by atoms with Crippen LogP contribution in [0.3, 0.4) is 0 Å². The van der Waals surface area contributed by atoms with Crippen LogP contribution in [0, 0.1) is 0 Å². The second-order valence-corrected chi connectivity index (χ2v) is 3.22. The van der Waals surface area contributed by atoms with Gasteiger partial charge in [-0.25, -0.2) is 0 Å². The summed E-state index contributed by atoms with van der Waals surface area (Å²) in [6, 6.07) is -2.15. The number of rotatable bonds is 6. The van der Waals surface area contributed by atoms with Crippen LogP contribution >= 0.6 is 12.6 Å². The number of thiol groups is 1. The summed E-state index contributed by atoms with van der Waals surface area (Å²) in [5.74, 6) is -2.66. The van der Waals surface area contributed by atoms with E-state index in [2.05, 4.69) is 17.9 Å². The molecule has 0 aromatic heterocycles. The van der Waals surface area contributed by atoms with Gasteiger partial charge in [0.25, 0.3) is 0 Å². The number of aliphatic carboxylic acids is 1. The number of carbonyl (C=O) groups is 3. The fourth-order valence-electron chi connectivity index (χ4n) is 0.766. The van der Waals surface area contributed by atoms with Crippen LogP contribution in [0.2, 0.25) is 0 Å². The lowest BCUT2D eigenvalue weighted by atomic mass is 10.2. The topological polar surface area (TPSA) is 136 Å². The van der Waals surface area contributed by atoms with Crippen LogP contribution in [0.15, 0.2) is 0 Å². The van der Waals surface area contributed by atoms with E-state index < -0.39 is 36.3 Å². The standard InChI is InChI=1S/C7H13N3O4S/c8-3(1-5(11)12)7(14)10-4(2-15)6(9)13/h3-4,15H,1-2,8H2,(H2,9,13)(H,10,14)(H,11,12). The highest BCUT2D eigenvalue weighted by molar-refractivity contribution is 7.80. The fraction of sp³-hybridized carbons (Fsp3) is 0.571. The summed E-state index contributed by atoms with van der Waals surface area (Å²) in [5, 5.41) is 10.6. The average Bonchev–Trinajstić information content (AvgIpc) is 2.11. The maximum atomic E-state index is 11.2. The maximum absolute atomic E-state index is 11.2. The van der Waals surface area contributed by atoms with E-state index in [1.54, 1.807) is 0 Å². The first-order chi connectivity index (χ1) is 6.88. The normalized spacial score (nSPS) is 14.0. The molecule has 8 heteroatoms. The molecule has 0 saturated carbocycles. The molecule has 6 N–H and O–H groups in total. The van der Waals surface area contributed by atoms with Crippen LogP contribution in [0.25, 0.3) is 0 Å². The summed E-state index contributed by atoms with van der Waals surface area (Å²) < 4.78 is 0. The smallest absolute Gasteiger partial charge is 0.305 e. The van der Waals surface area contributed by atoms with E-state index in [0.717, 1.165) is 0 Å². The number of carbonyl (C=O) groups excluding carboxylic acids is 2. The number of carboxylic acids is 1. The Morgan fingerprint density at radius 1 is 1.40 bits per heavy atom. The minimum atomic E-state index is -1.20. The SMILES string of the molecule is NC(=O)C(CS)NC(=O)C(N)CC(=O)O. The van der Waals surface area contributed by atoms with Crippen LogP contribution in [0.4, 0.5) is 0 Å². The third-order valence-corrected chi connectivity index (χ3v) is 1.94. The molecular weight excluding hydrogens is 222 g/mol. The largest absolute Gasteiger partial charge is 0.481 e. The molecule has 2 amide bonds. The molecule has 0 aromatic carbocycles. The molecule has 0 aliphatic heterocycles. The van der Waals surface area contributed by atoms with Crippen LogP contribution in [0.1, 0.15) is 6.42 Å². The van der Waals surface area contributed by atoms with Crippen molar-refractivity contribution in [1.82, 2.24) is 5.32 Å². The first-order valence-electron chi connectivity index (χ1n) is 4.06. The van der Waals surface area contributed by atoms with Crippen molar-refractivity contribution in [2.45, 2.75) is 18.5 Å². The maximum Gasteiger partial charge on any atom is 0.305 e. The van der Waals surface area contributed by atoms with Gasteiger partial charge in [-0.05, 0) is 0 Å². The van der Waals surface area contributed by atoms with Gasteiger partial charge in [-0.3, -0.25) is 14.4 Å². The molecule has 0 aliphatic carbocycles. The van der Waals surface area contributed by atoms with Crippen molar-refractivity contribution < 1.29 is 19.5 Å². The van der Waals surface area contributed by atoms with Crippen LogP contribution in [-0.4, -0.2) is 40.7 Å².